The van der Waals surface area contributed by atoms with Gasteiger partial charge in [-0.2, -0.15) is 0 Å². The molecule has 0 fully saturated rings. The van der Waals surface area contributed by atoms with Gasteiger partial charge in [0, 0.05) is 33.8 Å². The highest BCUT2D eigenvalue weighted by molar-refractivity contribution is 6.30. The Balaban J connectivity index is 0.953. The van der Waals surface area contributed by atoms with Gasteiger partial charge in [-0.05, 0) is 145 Å². The first kappa shape index (κ1) is 33.8. The number of hydrogen-bond acceptors (Lipinski definition) is 1. The summed E-state index contributed by atoms with van der Waals surface area (Å²) in [5.74, 6) is 0.476. The SMILES string of the molecule is C1=CCC(N2C3=CC(c4ccc5c(c4)c4ccccc4n5-c4cccc(-c5cc6ccc7ccccc7c6c6c5ccc5ccccc56)c4)=CCC3C3=C2C=CCC3)C=C1. The number of hydrogen-bond donors (Lipinski definition) is 0. The molecule has 2 unspecified atom stereocenters. The first-order chi connectivity index (χ1) is 29.8. The largest absolute Gasteiger partial charge is 0.337 e. The van der Waals surface area contributed by atoms with Gasteiger partial charge in [-0.15, -0.1) is 0 Å². The van der Waals surface area contributed by atoms with Gasteiger partial charge in [0.1, 0.15) is 0 Å². The van der Waals surface area contributed by atoms with E-state index in [0.717, 1.165) is 25.7 Å². The lowest BCUT2D eigenvalue weighted by atomic mass is 9.84. The fourth-order valence-electron chi connectivity index (χ4n) is 11.1. The molecule has 1 aromatic heterocycles. The molecular weight excluding hydrogens is 725 g/mol. The summed E-state index contributed by atoms with van der Waals surface area (Å²) in [5.41, 5.74) is 13.2. The van der Waals surface area contributed by atoms with Gasteiger partial charge in [0.25, 0.3) is 0 Å². The molecule has 0 spiro atoms. The Hall–Kier alpha value is -7.16. The fraction of sp³-hybridized carbons (Fsp3) is 0.103. The van der Waals surface area contributed by atoms with Gasteiger partial charge in [0.2, 0.25) is 0 Å². The summed E-state index contributed by atoms with van der Waals surface area (Å²) in [5, 5.41) is 12.9. The Bertz CT molecular complexity index is 3510. The van der Waals surface area contributed by atoms with Crippen molar-refractivity contribution in [2.24, 2.45) is 5.92 Å². The minimum absolute atomic E-state index is 0.362. The molecule has 3 aliphatic carbocycles. The van der Waals surface area contributed by atoms with Crippen LogP contribution in [0.3, 0.4) is 0 Å². The highest BCUT2D eigenvalue weighted by atomic mass is 15.2. The number of para-hydroxylation sites is 1. The Morgan fingerprint density at radius 2 is 1.32 bits per heavy atom. The average molecular weight is 767 g/mol. The van der Waals surface area contributed by atoms with Crippen molar-refractivity contribution >= 4 is 70.5 Å². The van der Waals surface area contributed by atoms with Gasteiger partial charge in [-0.1, -0.05) is 146 Å². The van der Waals surface area contributed by atoms with Crippen LogP contribution in [0.5, 0.6) is 0 Å². The lowest BCUT2D eigenvalue weighted by Crippen LogP contribution is -2.31. The van der Waals surface area contributed by atoms with Gasteiger partial charge in [-0.3, -0.25) is 0 Å². The molecule has 60 heavy (non-hydrogen) atoms. The quantitative estimate of drug-likeness (QED) is 0.162. The van der Waals surface area contributed by atoms with Crippen molar-refractivity contribution in [1.29, 1.82) is 0 Å². The minimum Gasteiger partial charge on any atom is -0.337 e. The van der Waals surface area contributed by atoms with Crippen molar-refractivity contribution < 1.29 is 0 Å². The molecule has 0 saturated carbocycles. The topological polar surface area (TPSA) is 8.17 Å². The predicted molar refractivity (Wildman–Crippen MR) is 254 cm³/mol. The zero-order chi connectivity index (χ0) is 39.3. The van der Waals surface area contributed by atoms with Crippen LogP contribution in [0.1, 0.15) is 31.2 Å². The predicted octanol–water partition coefficient (Wildman–Crippen LogP) is 15.2. The Kier molecular flexibility index (Phi) is 7.42. The van der Waals surface area contributed by atoms with Crippen molar-refractivity contribution in [3.63, 3.8) is 0 Å². The molecule has 1 aliphatic heterocycles. The second kappa shape index (κ2) is 13.2. The molecule has 2 nitrogen and oxygen atoms in total. The van der Waals surface area contributed by atoms with Gasteiger partial charge in [0.05, 0.1) is 17.1 Å². The maximum absolute atomic E-state index is 2.66. The second-order valence-electron chi connectivity index (χ2n) is 17.0. The van der Waals surface area contributed by atoms with Crippen molar-refractivity contribution in [1.82, 2.24) is 9.47 Å². The summed E-state index contributed by atoms with van der Waals surface area (Å²) >= 11 is 0. The summed E-state index contributed by atoms with van der Waals surface area (Å²) in [6, 6.07) is 55.0. The summed E-state index contributed by atoms with van der Waals surface area (Å²) in [6.45, 7) is 0. The van der Waals surface area contributed by atoms with Gasteiger partial charge in [-0.25, -0.2) is 0 Å². The highest BCUT2D eigenvalue weighted by Gasteiger charge is 2.39. The molecule has 0 amide bonds. The first-order valence-electron chi connectivity index (χ1n) is 21.6. The number of aromatic nitrogens is 1. The van der Waals surface area contributed by atoms with E-state index in [2.05, 4.69) is 204 Å². The molecule has 2 heterocycles. The van der Waals surface area contributed by atoms with E-state index in [-0.39, 0.29) is 0 Å². The van der Waals surface area contributed by atoms with E-state index >= 15 is 0 Å². The van der Waals surface area contributed by atoms with E-state index in [1.807, 2.05) is 0 Å². The molecule has 13 rings (SSSR count). The molecule has 0 N–H and O–H groups in total. The third-order valence-corrected chi connectivity index (χ3v) is 13.8. The van der Waals surface area contributed by atoms with Gasteiger partial charge < -0.3 is 9.47 Å². The standard InChI is InChI=1S/C58H42N2/c1-2-16-43(17-3-1)59-53-23-10-8-21-47(53)49-30-28-40(36-56(49)59)39-29-32-55-52(34-39)48-22-9-11-24-54(48)60(55)44-18-12-15-41(33-44)51-35-42-26-25-37-13-4-6-19-45(37)57(42)58-46-20-7-5-14-38(46)27-31-50(51)58/h1-7,9-16,18-20,22-29,31-36,43,49H,8,17,21,30H2. The van der Waals surface area contributed by atoms with Crippen molar-refractivity contribution in [2.75, 3.05) is 0 Å². The van der Waals surface area contributed by atoms with Crippen LogP contribution in [0, 0.1) is 5.92 Å². The third kappa shape index (κ3) is 5.01. The number of allylic oxidation sites excluding steroid dienone is 8. The smallest absolute Gasteiger partial charge is 0.0556 e. The third-order valence-electron chi connectivity index (χ3n) is 13.8. The second-order valence-corrected chi connectivity index (χ2v) is 17.0. The van der Waals surface area contributed by atoms with Gasteiger partial charge >= 0.3 is 0 Å². The summed E-state index contributed by atoms with van der Waals surface area (Å²) in [6.07, 6.45) is 23.3. The number of fused-ring (bicyclic) bond motifs is 12. The van der Waals surface area contributed by atoms with Crippen molar-refractivity contribution in [2.45, 2.75) is 31.7 Å². The zero-order valence-corrected chi connectivity index (χ0v) is 33.4. The van der Waals surface area contributed by atoms with Crippen LogP contribution in [0.2, 0.25) is 0 Å². The van der Waals surface area contributed by atoms with E-state index in [1.54, 1.807) is 5.57 Å². The Morgan fingerprint density at radius 1 is 0.533 bits per heavy atom. The molecule has 0 bridgehead atoms. The van der Waals surface area contributed by atoms with Crippen molar-refractivity contribution in [3.05, 3.63) is 217 Å². The van der Waals surface area contributed by atoms with Crippen LogP contribution in [0.15, 0.2) is 211 Å². The molecule has 0 saturated heterocycles. The number of benzene rings is 8. The monoisotopic (exact) mass is 766 g/mol. The lowest BCUT2D eigenvalue weighted by molar-refractivity contribution is 0.367. The highest BCUT2D eigenvalue weighted by Crippen LogP contribution is 2.49. The van der Waals surface area contributed by atoms with Crippen LogP contribution < -0.4 is 0 Å². The number of rotatable bonds is 4. The maximum atomic E-state index is 2.66. The molecule has 284 valence electrons. The van der Waals surface area contributed by atoms with Crippen LogP contribution in [-0.4, -0.2) is 15.5 Å². The molecule has 2 heteroatoms. The van der Waals surface area contributed by atoms with Crippen LogP contribution in [0.25, 0.3) is 87.3 Å². The van der Waals surface area contributed by atoms with Gasteiger partial charge in [0.15, 0.2) is 0 Å². The van der Waals surface area contributed by atoms with Crippen LogP contribution in [0.4, 0.5) is 0 Å². The average Bonchev–Trinajstić information content (AvgIpc) is 3.83. The summed E-state index contributed by atoms with van der Waals surface area (Å²) < 4.78 is 2.47. The lowest BCUT2D eigenvalue weighted by Gasteiger charge is -2.33. The van der Waals surface area contributed by atoms with E-state index in [9.17, 15) is 0 Å². The zero-order valence-electron chi connectivity index (χ0n) is 33.4. The molecule has 8 aromatic carbocycles. The fourth-order valence-corrected chi connectivity index (χ4v) is 11.1. The normalized spacial score (nSPS) is 18.6. The number of nitrogens with zero attached hydrogens (tertiary/aromatic N) is 2. The molecule has 4 aliphatic rings. The van der Waals surface area contributed by atoms with Crippen LogP contribution >= 0.6 is 0 Å². The first-order valence-corrected chi connectivity index (χ1v) is 21.6. The molecule has 0 radical (unpaired) electrons. The van der Waals surface area contributed by atoms with E-state index in [0.29, 0.717) is 12.0 Å². The van der Waals surface area contributed by atoms with E-state index in [1.165, 1.54) is 104 Å². The van der Waals surface area contributed by atoms with Crippen LogP contribution in [-0.2, 0) is 0 Å². The summed E-state index contributed by atoms with van der Waals surface area (Å²) in [7, 11) is 0. The van der Waals surface area contributed by atoms with E-state index in [4.69, 9.17) is 0 Å². The minimum atomic E-state index is 0.362. The molecule has 2 atom stereocenters. The van der Waals surface area contributed by atoms with Crippen molar-refractivity contribution in [3.8, 4) is 16.8 Å². The Labute approximate surface area is 349 Å². The maximum Gasteiger partial charge on any atom is 0.0556 e. The molecular formula is C58H42N2. The van der Waals surface area contributed by atoms with E-state index < -0.39 is 0 Å². The summed E-state index contributed by atoms with van der Waals surface area (Å²) in [4.78, 5) is 2.66. The molecule has 9 aromatic rings. The Morgan fingerprint density at radius 3 is 2.18 bits per heavy atom.